The van der Waals surface area contributed by atoms with E-state index in [1.54, 1.807) is 6.07 Å². The summed E-state index contributed by atoms with van der Waals surface area (Å²) in [6.07, 6.45) is -1.56. The minimum atomic E-state index is -2.39. The Morgan fingerprint density at radius 3 is 2.85 bits per heavy atom. The first-order valence-electron chi connectivity index (χ1n) is 4.03. The maximum absolute atomic E-state index is 12.4. The Kier molecular flexibility index (Phi) is 2.24. The van der Waals surface area contributed by atoms with E-state index in [0.29, 0.717) is 0 Å². The fourth-order valence-electron chi connectivity index (χ4n) is 1.53. The number of halogens is 3. The van der Waals surface area contributed by atoms with Crippen LogP contribution in [0.3, 0.4) is 0 Å². The summed E-state index contributed by atoms with van der Waals surface area (Å²) in [6.45, 7) is 0.834. The highest BCUT2D eigenvalue weighted by atomic mass is 79.9. The molecule has 0 aromatic heterocycles. The largest absolute Gasteiger partial charge is 0.384 e. The van der Waals surface area contributed by atoms with E-state index in [-0.39, 0.29) is 5.56 Å². The molecule has 0 saturated carbocycles. The van der Waals surface area contributed by atoms with Crippen molar-refractivity contribution < 1.29 is 8.78 Å². The van der Waals surface area contributed by atoms with Gasteiger partial charge in [0, 0.05) is 16.6 Å². The Hall–Kier alpha value is -0.640. The average Bonchev–Trinajstić information content (AvgIpc) is 2.51. The van der Waals surface area contributed by atoms with E-state index >= 15 is 0 Å². The molecule has 70 valence electrons. The summed E-state index contributed by atoms with van der Waals surface area (Å²) in [5.41, 5.74) is 2.03. The fourth-order valence-corrected chi connectivity index (χ4v) is 2.19. The predicted molar refractivity (Wildman–Crippen MR) is 51.3 cm³/mol. The van der Waals surface area contributed by atoms with Crippen LogP contribution in [0.4, 0.5) is 14.5 Å². The Labute approximate surface area is 83.3 Å². The van der Waals surface area contributed by atoms with E-state index in [1.165, 1.54) is 6.07 Å². The predicted octanol–water partition coefficient (Wildman–Crippen LogP) is 3.35. The van der Waals surface area contributed by atoms with Crippen molar-refractivity contribution in [2.45, 2.75) is 12.8 Å². The second-order valence-electron chi connectivity index (χ2n) is 3.01. The molecule has 0 saturated heterocycles. The standard InChI is InChI=1S/C9H8BrF2N/c10-7-4-6(9(11)12)3-5-1-2-13-8(5)7/h3-4,9,13H,1-2H2. The van der Waals surface area contributed by atoms with Crippen LogP contribution < -0.4 is 5.32 Å². The van der Waals surface area contributed by atoms with E-state index in [9.17, 15) is 8.78 Å². The van der Waals surface area contributed by atoms with Gasteiger partial charge in [0.15, 0.2) is 0 Å². The van der Waals surface area contributed by atoms with Crippen molar-refractivity contribution in [3.8, 4) is 0 Å². The molecular weight excluding hydrogens is 240 g/mol. The molecule has 4 heteroatoms. The summed E-state index contributed by atoms with van der Waals surface area (Å²) in [4.78, 5) is 0. The second kappa shape index (κ2) is 3.25. The third-order valence-electron chi connectivity index (χ3n) is 2.14. The van der Waals surface area contributed by atoms with Crippen LogP contribution in [0.5, 0.6) is 0 Å². The molecule has 0 fully saturated rings. The van der Waals surface area contributed by atoms with Crippen LogP contribution in [0.25, 0.3) is 0 Å². The van der Waals surface area contributed by atoms with Crippen LogP contribution in [0, 0.1) is 0 Å². The van der Waals surface area contributed by atoms with Gasteiger partial charge in [-0.05, 0) is 40.0 Å². The normalized spacial score (nSPS) is 14.5. The van der Waals surface area contributed by atoms with Gasteiger partial charge in [0.05, 0.1) is 5.69 Å². The molecule has 0 bridgehead atoms. The van der Waals surface area contributed by atoms with E-state index in [2.05, 4.69) is 21.2 Å². The van der Waals surface area contributed by atoms with Crippen molar-refractivity contribution in [1.82, 2.24) is 0 Å². The zero-order valence-corrected chi connectivity index (χ0v) is 8.37. The molecule has 1 aromatic carbocycles. The van der Waals surface area contributed by atoms with Gasteiger partial charge in [-0.25, -0.2) is 8.78 Å². The zero-order valence-electron chi connectivity index (χ0n) is 6.78. The van der Waals surface area contributed by atoms with E-state index < -0.39 is 6.43 Å². The van der Waals surface area contributed by atoms with Gasteiger partial charge in [-0.15, -0.1) is 0 Å². The molecule has 1 nitrogen and oxygen atoms in total. The number of alkyl halides is 2. The molecule has 1 aliphatic rings. The van der Waals surface area contributed by atoms with Crippen molar-refractivity contribution >= 4 is 21.6 Å². The minimum absolute atomic E-state index is 0.0920. The summed E-state index contributed by atoms with van der Waals surface area (Å²) in [6, 6.07) is 3.05. The average molecular weight is 248 g/mol. The van der Waals surface area contributed by atoms with Crippen LogP contribution in [0.2, 0.25) is 0 Å². The molecule has 0 aliphatic carbocycles. The minimum Gasteiger partial charge on any atom is -0.384 e. The first-order valence-corrected chi connectivity index (χ1v) is 4.82. The Morgan fingerprint density at radius 1 is 1.38 bits per heavy atom. The monoisotopic (exact) mass is 247 g/mol. The Bertz CT molecular complexity index is 339. The molecule has 2 rings (SSSR count). The van der Waals surface area contributed by atoms with Gasteiger partial charge in [-0.1, -0.05) is 0 Å². The second-order valence-corrected chi connectivity index (χ2v) is 3.87. The van der Waals surface area contributed by atoms with E-state index in [1.807, 2.05) is 0 Å². The summed E-state index contributed by atoms with van der Waals surface area (Å²) in [7, 11) is 0. The first-order chi connectivity index (χ1) is 6.18. The summed E-state index contributed by atoms with van der Waals surface area (Å²) >= 11 is 3.27. The Balaban J connectivity index is 2.49. The maximum atomic E-state index is 12.4. The van der Waals surface area contributed by atoms with Crippen LogP contribution in [-0.4, -0.2) is 6.54 Å². The smallest absolute Gasteiger partial charge is 0.263 e. The molecule has 1 heterocycles. The molecule has 0 unspecified atom stereocenters. The van der Waals surface area contributed by atoms with Gasteiger partial charge in [0.2, 0.25) is 0 Å². The first kappa shape index (κ1) is 8.94. The maximum Gasteiger partial charge on any atom is 0.263 e. The van der Waals surface area contributed by atoms with Gasteiger partial charge >= 0.3 is 0 Å². The number of anilines is 1. The highest BCUT2D eigenvalue weighted by Gasteiger charge is 2.17. The molecule has 1 aliphatic heterocycles. The van der Waals surface area contributed by atoms with Gasteiger partial charge in [0.1, 0.15) is 0 Å². The van der Waals surface area contributed by atoms with Crippen LogP contribution in [0.1, 0.15) is 17.6 Å². The molecule has 1 aromatic rings. The lowest BCUT2D eigenvalue weighted by Crippen LogP contribution is -1.92. The van der Waals surface area contributed by atoms with Crippen molar-refractivity contribution in [3.63, 3.8) is 0 Å². The summed E-state index contributed by atoms with van der Waals surface area (Å²) < 4.78 is 25.5. The molecule has 0 spiro atoms. The fraction of sp³-hybridized carbons (Fsp3) is 0.333. The molecule has 1 N–H and O–H groups in total. The van der Waals surface area contributed by atoms with Crippen molar-refractivity contribution in [2.75, 3.05) is 11.9 Å². The van der Waals surface area contributed by atoms with Gasteiger partial charge in [0.25, 0.3) is 6.43 Å². The van der Waals surface area contributed by atoms with Crippen LogP contribution in [0.15, 0.2) is 16.6 Å². The number of rotatable bonds is 1. The molecule has 0 atom stereocenters. The van der Waals surface area contributed by atoms with Gasteiger partial charge in [-0.2, -0.15) is 0 Å². The third-order valence-corrected chi connectivity index (χ3v) is 2.77. The molecule has 13 heavy (non-hydrogen) atoms. The van der Waals surface area contributed by atoms with Crippen molar-refractivity contribution in [1.29, 1.82) is 0 Å². The lowest BCUT2D eigenvalue weighted by molar-refractivity contribution is 0.151. The number of fused-ring (bicyclic) bond motifs is 1. The highest BCUT2D eigenvalue weighted by Crippen LogP contribution is 2.34. The SMILES string of the molecule is FC(F)c1cc(Br)c2c(c1)CCN2. The van der Waals surface area contributed by atoms with Gasteiger partial charge in [-0.3, -0.25) is 0 Å². The zero-order chi connectivity index (χ0) is 9.42. The van der Waals surface area contributed by atoms with Crippen molar-refractivity contribution in [3.05, 3.63) is 27.7 Å². The van der Waals surface area contributed by atoms with Crippen LogP contribution >= 0.6 is 15.9 Å². The molecule has 0 radical (unpaired) electrons. The van der Waals surface area contributed by atoms with Crippen LogP contribution in [-0.2, 0) is 6.42 Å². The van der Waals surface area contributed by atoms with Gasteiger partial charge < -0.3 is 5.32 Å². The molecular formula is C9H8BrF2N. The number of nitrogens with one attached hydrogen (secondary N) is 1. The highest BCUT2D eigenvalue weighted by molar-refractivity contribution is 9.10. The number of hydrogen-bond acceptors (Lipinski definition) is 1. The lowest BCUT2D eigenvalue weighted by atomic mass is 10.1. The summed E-state index contributed by atoms with van der Waals surface area (Å²) in [5.74, 6) is 0. The number of hydrogen-bond donors (Lipinski definition) is 1. The van der Waals surface area contributed by atoms with Crippen molar-refractivity contribution in [2.24, 2.45) is 0 Å². The lowest BCUT2D eigenvalue weighted by Gasteiger charge is -2.06. The number of benzene rings is 1. The molecule has 0 amide bonds. The Morgan fingerprint density at radius 2 is 2.15 bits per heavy atom. The summed E-state index contributed by atoms with van der Waals surface area (Å²) in [5, 5.41) is 3.14. The topological polar surface area (TPSA) is 12.0 Å². The third kappa shape index (κ3) is 1.55. The quantitative estimate of drug-likeness (QED) is 0.803. The van der Waals surface area contributed by atoms with E-state index in [4.69, 9.17) is 0 Å². The van der Waals surface area contributed by atoms with E-state index in [0.717, 1.165) is 28.7 Å².